The van der Waals surface area contributed by atoms with Crippen molar-refractivity contribution in [1.29, 1.82) is 0 Å². The molecule has 0 aliphatic carbocycles. The molecule has 0 aliphatic rings. The SMILES string of the molecule is O=CCNC(CO)CCOc1cccc2ccccc12. The number of rotatable bonds is 8. The second-order valence-electron chi connectivity index (χ2n) is 4.57. The van der Waals surface area contributed by atoms with Gasteiger partial charge in [-0.15, -0.1) is 0 Å². The van der Waals surface area contributed by atoms with Gasteiger partial charge in [-0.3, -0.25) is 0 Å². The summed E-state index contributed by atoms with van der Waals surface area (Å²) in [5.74, 6) is 0.843. The molecule has 4 nitrogen and oxygen atoms in total. The van der Waals surface area contributed by atoms with E-state index in [2.05, 4.69) is 5.32 Å². The van der Waals surface area contributed by atoms with Crippen LogP contribution in [0.2, 0.25) is 0 Å². The third-order valence-corrected chi connectivity index (χ3v) is 3.18. The van der Waals surface area contributed by atoms with Crippen molar-refractivity contribution in [1.82, 2.24) is 5.32 Å². The summed E-state index contributed by atoms with van der Waals surface area (Å²) in [5, 5.41) is 14.4. The predicted molar refractivity (Wildman–Crippen MR) is 79.0 cm³/mol. The fourth-order valence-electron chi connectivity index (χ4n) is 2.11. The van der Waals surface area contributed by atoms with Crippen LogP contribution < -0.4 is 10.1 Å². The van der Waals surface area contributed by atoms with Crippen LogP contribution >= 0.6 is 0 Å². The van der Waals surface area contributed by atoms with Crippen LogP contribution in [0.5, 0.6) is 5.75 Å². The summed E-state index contributed by atoms with van der Waals surface area (Å²) >= 11 is 0. The molecule has 1 atom stereocenters. The van der Waals surface area contributed by atoms with Crippen molar-refractivity contribution in [3.8, 4) is 5.75 Å². The minimum Gasteiger partial charge on any atom is -0.493 e. The Morgan fingerprint density at radius 3 is 2.80 bits per heavy atom. The van der Waals surface area contributed by atoms with E-state index in [9.17, 15) is 9.90 Å². The Kier molecular flexibility index (Phi) is 5.53. The Balaban J connectivity index is 1.94. The van der Waals surface area contributed by atoms with Gasteiger partial charge < -0.3 is 20.0 Å². The highest BCUT2D eigenvalue weighted by Gasteiger charge is 2.07. The zero-order chi connectivity index (χ0) is 14.2. The summed E-state index contributed by atoms with van der Waals surface area (Å²) in [5.41, 5.74) is 0. The van der Waals surface area contributed by atoms with E-state index >= 15 is 0 Å². The molecule has 20 heavy (non-hydrogen) atoms. The van der Waals surface area contributed by atoms with Gasteiger partial charge in [0, 0.05) is 11.4 Å². The largest absolute Gasteiger partial charge is 0.493 e. The number of aldehydes is 1. The monoisotopic (exact) mass is 273 g/mol. The van der Waals surface area contributed by atoms with Crippen molar-refractivity contribution >= 4 is 17.1 Å². The second-order valence-corrected chi connectivity index (χ2v) is 4.57. The lowest BCUT2D eigenvalue weighted by molar-refractivity contribution is -0.107. The number of carbonyl (C=O) groups is 1. The Labute approximate surface area is 118 Å². The average Bonchev–Trinajstić information content (AvgIpc) is 2.51. The van der Waals surface area contributed by atoms with E-state index in [0.29, 0.717) is 13.0 Å². The smallest absolute Gasteiger partial charge is 0.133 e. The number of aliphatic hydroxyl groups excluding tert-OH is 1. The highest BCUT2D eigenvalue weighted by molar-refractivity contribution is 5.88. The van der Waals surface area contributed by atoms with Crippen LogP contribution in [-0.2, 0) is 4.79 Å². The Hall–Kier alpha value is -1.91. The molecule has 1 unspecified atom stereocenters. The van der Waals surface area contributed by atoms with E-state index in [0.717, 1.165) is 22.8 Å². The van der Waals surface area contributed by atoms with Crippen LogP contribution in [-0.4, -0.2) is 37.2 Å². The first kappa shape index (κ1) is 14.5. The van der Waals surface area contributed by atoms with Crippen LogP contribution in [0.15, 0.2) is 42.5 Å². The van der Waals surface area contributed by atoms with Gasteiger partial charge in [0.1, 0.15) is 12.0 Å². The highest BCUT2D eigenvalue weighted by Crippen LogP contribution is 2.25. The molecular formula is C16H19NO3. The predicted octanol–water partition coefficient (Wildman–Crippen LogP) is 1.76. The number of nitrogens with one attached hydrogen (secondary N) is 1. The number of aliphatic hydroxyl groups is 1. The number of ether oxygens (including phenoxy) is 1. The van der Waals surface area contributed by atoms with Crippen molar-refractivity contribution in [3.63, 3.8) is 0 Å². The van der Waals surface area contributed by atoms with Gasteiger partial charge in [-0.05, 0) is 17.9 Å². The Morgan fingerprint density at radius 1 is 1.20 bits per heavy atom. The maximum Gasteiger partial charge on any atom is 0.133 e. The minimum atomic E-state index is -0.116. The number of fused-ring (bicyclic) bond motifs is 1. The molecule has 0 spiro atoms. The van der Waals surface area contributed by atoms with E-state index in [1.807, 2.05) is 42.5 Å². The molecular weight excluding hydrogens is 254 g/mol. The normalized spacial score (nSPS) is 12.2. The van der Waals surface area contributed by atoms with Crippen molar-refractivity contribution in [2.24, 2.45) is 0 Å². The van der Waals surface area contributed by atoms with Gasteiger partial charge in [-0.2, -0.15) is 0 Å². The fraction of sp³-hybridized carbons (Fsp3) is 0.312. The average molecular weight is 273 g/mol. The standard InChI is InChI=1S/C16H19NO3/c18-10-9-17-14(12-19)8-11-20-16-7-3-5-13-4-1-2-6-15(13)16/h1-7,10,14,17,19H,8-9,11-12H2. The molecule has 0 radical (unpaired) electrons. The van der Waals surface area contributed by atoms with Crippen molar-refractivity contribution in [3.05, 3.63) is 42.5 Å². The molecule has 2 rings (SSSR count). The van der Waals surface area contributed by atoms with Gasteiger partial charge in [0.25, 0.3) is 0 Å². The minimum absolute atomic E-state index is 0.00720. The van der Waals surface area contributed by atoms with Gasteiger partial charge in [0.15, 0.2) is 0 Å². The maximum absolute atomic E-state index is 10.3. The van der Waals surface area contributed by atoms with Gasteiger partial charge in [0.05, 0.1) is 19.8 Å². The fourth-order valence-corrected chi connectivity index (χ4v) is 2.11. The van der Waals surface area contributed by atoms with Gasteiger partial charge in [-0.1, -0.05) is 36.4 Å². The molecule has 0 fully saturated rings. The maximum atomic E-state index is 10.3. The van der Waals surface area contributed by atoms with E-state index < -0.39 is 0 Å². The molecule has 0 aromatic heterocycles. The van der Waals surface area contributed by atoms with Crippen LogP contribution in [0, 0.1) is 0 Å². The van der Waals surface area contributed by atoms with Gasteiger partial charge >= 0.3 is 0 Å². The molecule has 4 heteroatoms. The van der Waals surface area contributed by atoms with Crippen LogP contribution in [0.3, 0.4) is 0 Å². The molecule has 2 aromatic rings. The molecule has 2 aromatic carbocycles. The Morgan fingerprint density at radius 2 is 2.00 bits per heavy atom. The van der Waals surface area contributed by atoms with Crippen LogP contribution in [0.1, 0.15) is 6.42 Å². The summed E-state index contributed by atoms with van der Waals surface area (Å²) in [4.78, 5) is 10.3. The van der Waals surface area contributed by atoms with Crippen LogP contribution in [0.25, 0.3) is 10.8 Å². The molecule has 0 amide bonds. The molecule has 2 N–H and O–H groups in total. The summed E-state index contributed by atoms with van der Waals surface area (Å²) in [6.07, 6.45) is 1.43. The van der Waals surface area contributed by atoms with Gasteiger partial charge in [0.2, 0.25) is 0 Å². The first-order chi connectivity index (χ1) is 9.85. The molecule has 0 saturated heterocycles. The topological polar surface area (TPSA) is 58.6 Å². The summed E-state index contributed by atoms with van der Waals surface area (Å²) in [6, 6.07) is 13.9. The zero-order valence-electron chi connectivity index (χ0n) is 11.3. The first-order valence-corrected chi connectivity index (χ1v) is 6.73. The summed E-state index contributed by atoms with van der Waals surface area (Å²) in [7, 11) is 0. The third kappa shape index (κ3) is 3.79. The highest BCUT2D eigenvalue weighted by atomic mass is 16.5. The molecule has 0 heterocycles. The molecule has 0 aliphatic heterocycles. The molecule has 106 valence electrons. The number of hydrogen-bond donors (Lipinski definition) is 2. The lowest BCUT2D eigenvalue weighted by Gasteiger charge is -2.15. The molecule has 0 saturated carbocycles. The van der Waals surface area contributed by atoms with E-state index in [1.165, 1.54) is 0 Å². The summed E-state index contributed by atoms with van der Waals surface area (Å²) < 4.78 is 5.79. The van der Waals surface area contributed by atoms with Crippen molar-refractivity contribution in [2.45, 2.75) is 12.5 Å². The van der Waals surface area contributed by atoms with Gasteiger partial charge in [-0.25, -0.2) is 0 Å². The lowest BCUT2D eigenvalue weighted by Crippen LogP contribution is -2.35. The zero-order valence-corrected chi connectivity index (χ0v) is 11.3. The van der Waals surface area contributed by atoms with E-state index in [4.69, 9.17) is 4.74 Å². The second kappa shape index (κ2) is 7.62. The number of carbonyl (C=O) groups excluding carboxylic acids is 1. The van der Waals surface area contributed by atoms with Crippen LogP contribution in [0.4, 0.5) is 0 Å². The van der Waals surface area contributed by atoms with E-state index in [1.54, 1.807) is 0 Å². The Bertz CT molecular complexity index is 551. The van der Waals surface area contributed by atoms with E-state index in [-0.39, 0.29) is 19.2 Å². The number of hydrogen-bond acceptors (Lipinski definition) is 4. The first-order valence-electron chi connectivity index (χ1n) is 6.73. The third-order valence-electron chi connectivity index (χ3n) is 3.18. The number of benzene rings is 2. The van der Waals surface area contributed by atoms with Crippen molar-refractivity contribution < 1.29 is 14.6 Å². The molecule has 0 bridgehead atoms. The summed E-state index contributed by atoms with van der Waals surface area (Å²) in [6.45, 7) is 0.733. The van der Waals surface area contributed by atoms with Crippen molar-refractivity contribution in [2.75, 3.05) is 19.8 Å². The quantitative estimate of drug-likeness (QED) is 0.720. The lowest BCUT2D eigenvalue weighted by atomic mass is 10.1.